The second kappa shape index (κ2) is 11.0. The molecule has 2 aromatic heterocycles. The number of anilines is 1. The fraction of sp³-hybridized carbons (Fsp3) is 0.414. The van der Waals surface area contributed by atoms with Gasteiger partial charge in [-0.05, 0) is 56.4 Å². The van der Waals surface area contributed by atoms with Crippen LogP contribution in [-0.2, 0) is 17.6 Å². The van der Waals surface area contributed by atoms with E-state index in [1.807, 2.05) is 23.1 Å². The standard InChI is InChI=1S/C22H28N6O.C7H8/c1-2-20-19-7-6-18(13-21(19)28(25-20)17-4-3-5-17)26-8-10-27(11-9-26)22(29)12-16-14-23-24-15-16;1-7-5-3-2-4-6-7/h6-7,13-15,17H,2-5,8-12H2,1H3,(H,23,24);2-6H,1H3. The first kappa shape index (κ1) is 24.1. The molecule has 7 nitrogen and oxygen atoms in total. The van der Waals surface area contributed by atoms with Crippen LogP contribution in [0.1, 0.15) is 49.0 Å². The molecule has 1 saturated heterocycles. The van der Waals surface area contributed by atoms with Crippen LogP contribution in [0.2, 0.25) is 0 Å². The number of nitrogens with one attached hydrogen (secondary N) is 1. The number of carbonyl (C=O) groups is 1. The Kier molecular flexibility index (Phi) is 7.35. The van der Waals surface area contributed by atoms with Crippen molar-refractivity contribution in [2.45, 2.75) is 52.0 Å². The minimum Gasteiger partial charge on any atom is -0.368 e. The topological polar surface area (TPSA) is 70.1 Å². The monoisotopic (exact) mass is 484 g/mol. The van der Waals surface area contributed by atoms with E-state index in [-0.39, 0.29) is 5.91 Å². The molecule has 2 aliphatic rings. The van der Waals surface area contributed by atoms with Crippen LogP contribution in [0.3, 0.4) is 0 Å². The maximum atomic E-state index is 12.5. The summed E-state index contributed by atoms with van der Waals surface area (Å²) in [5, 5.41) is 12.9. The van der Waals surface area contributed by atoms with Crippen LogP contribution >= 0.6 is 0 Å². The van der Waals surface area contributed by atoms with Crippen molar-refractivity contribution in [2.75, 3.05) is 31.1 Å². The smallest absolute Gasteiger partial charge is 0.227 e. The quantitative estimate of drug-likeness (QED) is 0.436. The molecule has 1 aliphatic heterocycles. The molecule has 2 fully saturated rings. The molecular weight excluding hydrogens is 448 g/mol. The molecule has 6 rings (SSSR count). The molecule has 7 heteroatoms. The number of nitrogens with zero attached hydrogens (tertiary/aromatic N) is 5. The van der Waals surface area contributed by atoms with Crippen LogP contribution in [0.15, 0.2) is 60.9 Å². The van der Waals surface area contributed by atoms with Crippen molar-refractivity contribution < 1.29 is 4.79 Å². The zero-order chi connectivity index (χ0) is 24.9. The number of H-pyrrole nitrogens is 1. The van der Waals surface area contributed by atoms with Gasteiger partial charge in [0.15, 0.2) is 0 Å². The van der Waals surface area contributed by atoms with Gasteiger partial charge in [-0.25, -0.2) is 0 Å². The number of hydrogen-bond acceptors (Lipinski definition) is 4. The molecule has 1 amide bonds. The molecular formula is C29H36N6O. The predicted molar refractivity (Wildman–Crippen MR) is 144 cm³/mol. The fourth-order valence-corrected chi connectivity index (χ4v) is 4.97. The molecule has 0 bridgehead atoms. The average Bonchev–Trinajstić information content (AvgIpc) is 3.52. The highest BCUT2D eigenvalue weighted by Gasteiger charge is 2.25. The average molecular weight is 485 g/mol. The van der Waals surface area contributed by atoms with E-state index in [1.165, 1.54) is 47.1 Å². The first-order valence-corrected chi connectivity index (χ1v) is 13.2. The number of aromatic nitrogens is 4. The zero-order valence-electron chi connectivity index (χ0n) is 21.4. The molecule has 1 aliphatic carbocycles. The molecule has 4 aromatic rings. The van der Waals surface area contributed by atoms with Crippen molar-refractivity contribution in [3.63, 3.8) is 0 Å². The van der Waals surface area contributed by atoms with E-state index in [9.17, 15) is 4.79 Å². The Bertz CT molecular complexity index is 1270. The normalized spacial score (nSPS) is 15.9. The van der Waals surface area contributed by atoms with Gasteiger partial charge >= 0.3 is 0 Å². The Morgan fingerprint density at radius 2 is 1.83 bits per heavy atom. The molecule has 0 spiro atoms. The summed E-state index contributed by atoms with van der Waals surface area (Å²) in [4.78, 5) is 16.9. The van der Waals surface area contributed by atoms with E-state index in [0.29, 0.717) is 12.5 Å². The van der Waals surface area contributed by atoms with Gasteiger partial charge in [0.25, 0.3) is 0 Å². The van der Waals surface area contributed by atoms with E-state index >= 15 is 0 Å². The van der Waals surface area contributed by atoms with Crippen molar-refractivity contribution in [1.82, 2.24) is 24.9 Å². The summed E-state index contributed by atoms with van der Waals surface area (Å²) < 4.78 is 2.27. The molecule has 0 unspecified atom stereocenters. The van der Waals surface area contributed by atoms with E-state index < -0.39 is 0 Å². The van der Waals surface area contributed by atoms with E-state index in [4.69, 9.17) is 5.10 Å². The third kappa shape index (κ3) is 5.30. The molecule has 1 N–H and O–H groups in total. The summed E-state index contributed by atoms with van der Waals surface area (Å²) in [5.74, 6) is 0.178. The van der Waals surface area contributed by atoms with Gasteiger partial charge < -0.3 is 9.80 Å². The Morgan fingerprint density at radius 3 is 2.42 bits per heavy atom. The van der Waals surface area contributed by atoms with E-state index in [2.05, 4.69) is 64.0 Å². The number of fused-ring (bicyclic) bond motifs is 1. The minimum absolute atomic E-state index is 0.178. The Labute approximate surface area is 213 Å². The highest BCUT2D eigenvalue weighted by atomic mass is 16.2. The number of aromatic amines is 1. The predicted octanol–water partition coefficient (Wildman–Crippen LogP) is 4.93. The molecule has 36 heavy (non-hydrogen) atoms. The number of carbonyl (C=O) groups excluding carboxylic acids is 1. The van der Waals surface area contributed by atoms with Crippen LogP contribution < -0.4 is 4.90 Å². The fourth-order valence-electron chi connectivity index (χ4n) is 4.97. The number of hydrogen-bond donors (Lipinski definition) is 1. The van der Waals surface area contributed by atoms with Crippen LogP contribution in [0.5, 0.6) is 0 Å². The van der Waals surface area contributed by atoms with Crippen molar-refractivity contribution >= 4 is 22.5 Å². The minimum atomic E-state index is 0.178. The SMILES string of the molecule is CCc1nn(C2CCC2)c2cc(N3CCN(C(=O)Cc4cn[nH]c4)CC3)ccc12.Cc1ccccc1. The van der Waals surface area contributed by atoms with E-state index in [1.54, 1.807) is 12.4 Å². The highest BCUT2D eigenvalue weighted by molar-refractivity contribution is 5.86. The molecule has 0 radical (unpaired) electrons. The first-order valence-electron chi connectivity index (χ1n) is 13.2. The largest absolute Gasteiger partial charge is 0.368 e. The van der Waals surface area contributed by atoms with E-state index in [0.717, 1.165) is 38.2 Å². The number of rotatable bonds is 5. The number of aryl methyl sites for hydroxylation is 2. The lowest BCUT2D eigenvalue weighted by molar-refractivity contribution is -0.130. The molecule has 188 valence electrons. The summed E-state index contributed by atoms with van der Waals surface area (Å²) in [6.45, 7) is 7.51. The molecule has 3 heterocycles. The van der Waals surface area contributed by atoms with Gasteiger partial charge in [0.2, 0.25) is 5.91 Å². The summed E-state index contributed by atoms with van der Waals surface area (Å²) in [6.07, 6.45) is 8.68. The maximum absolute atomic E-state index is 12.5. The lowest BCUT2D eigenvalue weighted by atomic mass is 9.93. The van der Waals surface area contributed by atoms with Gasteiger partial charge in [-0.2, -0.15) is 10.2 Å². The van der Waals surface area contributed by atoms with Gasteiger partial charge in [-0.1, -0.05) is 42.8 Å². The van der Waals surface area contributed by atoms with Crippen molar-refractivity contribution in [3.05, 3.63) is 77.7 Å². The van der Waals surface area contributed by atoms with Crippen LogP contribution in [0, 0.1) is 6.92 Å². The second-order valence-electron chi connectivity index (χ2n) is 9.84. The third-order valence-corrected chi connectivity index (χ3v) is 7.37. The number of amides is 1. The van der Waals surface area contributed by atoms with Gasteiger partial charge in [-0.3, -0.25) is 14.6 Å². The number of benzene rings is 2. The summed E-state index contributed by atoms with van der Waals surface area (Å²) in [6, 6.07) is 17.6. The summed E-state index contributed by atoms with van der Waals surface area (Å²) in [7, 11) is 0. The van der Waals surface area contributed by atoms with Gasteiger partial charge in [0.05, 0.1) is 29.9 Å². The third-order valence-electron chi connectivity index (χ3n) is 7.37. The molecule has 0 atom stereocenters. The molecule has 2 aromatic carbocycles. The van der Waals surface area contributed by atoms with Crippen molar-refractivity contribution in [2.24, 2.45) is 0 Å². The van der Waals surface area contributed by atoms with Gasteiger partial charge in [0, 0.05) is 43.4 Å². The Morgan fingerprint density at radius 1 is 1.06 bits per heavy atom. The molecule has 1 saturated carbocycles. The zero-order valence-corrected chi connectivity index (χ0v) is 21.4. The van der Waals surface area contributed by atoms with Gasteiger partial charge in [0.1, 0.15) is 0 Å². The summed E-state index contributed by atoms with van der Waals surface area (Å²) in [5.41, 5.74) is 5.97. The van der Waals surface area contributed by atoms with Crippen molar-refractivity contribution in [3.8, 4) is 0 Å². The summed E-state index contributed by atoms with van der Waals surface area (Å²) >= 11 is 0. The highest BCUT2D eigenvalue weighted by Crippen LogP contribution is 2.36. The number of piperazine rings is 1. The van der Waals surface area contributed by atoms with Gasteiger partial charge in [-0.15, -0.1) is 0 Å². The lowest BCUT2D eigenvalue weighted by Crippen LogP contribution is -2.49. The maximum Gasteiger partial charge on any atom is 0.227 e. The van der Waals surface area contributed by atoms with Crippen LogP contribution in [-0.4, -0.2) is 57.0 Å². The van der Waals surface area contributed by atoms with Crippen LogP contribution in [0.4, 0.5) is 5.69 Å². The Balaban J connectivity index is 0.000000330. The van der Waals surface area contributed by atoms with Crippen LogP contribution in [0.25, 0.3) is 10.9 Å². The Hall–Kier alpha value is -3.61. The van der Waals surface area contributed by atoms with Crippen molar-refractivity contribution in [1.29, 1.82) is 0 Å². The first-order chi connectivity index (χ1) is 17.6. The second-order valence-corrected chi connectivity index (χ2v) is 9.84. The lowest BCUT2D eigenvalue weighted by Gasteiger charge is -2.36.